The highest BCUT2D eigenvalue weighted by atomic mass is 79.9. The number of carbonyl (C=O) groups is 2. The van der Waals surface area contributed by atoms with Crippen molar-refractivity contribution in [2.45, 2.75) is 44.7 Å². The van der Waals surface area contributed by atoms with Crippen LogP contribution < -0.4 is 5.32 Å². The molecular weight excluding hydrogens is 351 g/mol. The summed E-state index contributed by atoms with van der Waals surface area (Å²) >= 11 is 3.28. The van der Waals surface area contributed by atoms with Crippen molar-refractivity contribution in [3.05, 3.63) is 34.1 Å². The molecule has 0 aromatic heterocycles. The van der Waals surface area contributed by atoms with Crippen LogP contribution >= 0.6 is 15.9 Å². The van der Waals surface area contributed by atoms with Gasteiger partial charge in [0.25, 0.3) is 5.91 Å². The van der Waals surface area contributed by atoms with Gasteiger partial charge in [-0.25, -0.2) is 9.18 Å². The first-order valence-corrected chi connectivity index (χ1v) is 8.31. The number of rotatable bonds is 2. The minimum Gasteiger partial charge on any atom is -0.323 e. The van der Waals surface area contributed by atoms with E-state index in [0.717, 1.165) is 19.3 Å². The molecular formula is C16H18BrFN2O2. The van der Waals surface area contributed by atoms with Crippen LogP contribution in [0.3, 0.4) is 0 Å². The third kappa shape index (κ3) is 2.43. The average molecular weight is 369 g/mol. The maximum absolute atomic E-state index is 13.2. The van der Waals surface area contributed by atoms with Crippen LogP contribution in [-0.2, 0) is 11.3 Å². The molecule has 1 saturated heterocycles. The largest absolute Gasteiger partial charge is 0.325 e. The van der Waals surface area contributed by atoms with E-state index in [1.54, 1.807) is 6.07 Å². The number of halogens is 2. The number of hydrogen-bond acceptors (Lipinski definition) is 2. The molecule has 0 bridgehead atoms. The van der Waals surface area contributed by atoms with Crippen molar-refractivity contribution >= 4 is 27.9 Å². The molecule has 1 heterocycles. The van der Waals surface area contributed by atoms with E-state index in [1.807, 2.05) is 6.92 Å². The summed E-state index contributed by atoms with van der Waals surface area (Å²) in [6.45, 7) is 2.18. The third-order valence-electron chi connectivity index (χ3n) is 4.85. The summed E-state index contributed by atoms with van der Waals surface area (Å²) < 4.78 is 13.7. The number of nitrogens with zero attached hydrogens (tertiary/aromatic N) is 1. The summed E-state index contributed by atoms with van der Waals surface area (Å²) in [6, 6.07) is 3.91. The van der Waals surface area contributed by atoms with Crippen molar-refractivity contribution in [2.75, 3.05) is 0 Å². The SMILES string of the molecule is CC1CCCCC12NC(=O)N(Cc1ccc(F)cc1Br)C2=O. The lowest BCUT2D eigenvalue weighted by Crippen LogP contribution is -2.53. The molecule has 2 fully saturated rings. The zero-order chi connectivity index (χ0) is 15.9. The Labute approximate surface area is 137 Å². The van der Waals surface area contributed by atoms with E-state index in [4.69, 9.17) is 0 Å². The van der Waals surface area contributed by atoms with Crippen LogP contribution in [0.25, 0.3) is 0 Å². The van der Waals surface area contributed by atoms with Gasteiger partial charge in [-0.05, 0) is 36.5 Å². The average Bonchev–Trinajstić information content (AvgIpc) is 2.70. The molecule has 2 atom stereocenters. The second-order valence-electron chi connectivity index (χ2n) is 6.18. The number of imide groups is 1. The third-order valence-corrected chi connectivity index (χ3v) is 5.58. The summed E-state index contributed by atoms with van der Waals surface area (Å²) in [5.74, 6) is -0.370. The Morgan fingerprint density at radius 1 is 1.41 bits per heavy atom. The molecule has 3 amide bonds. The molecule has 2 unspecified atom stereocenters. The highest BCUT2D eigenvalue weighted by Crippen LogP contribution is 2.38. The minimum atomic E-state index is -0.748. The number of urea groups is 1. The predicted molar refractivity (Wildman–Crippen MR) is 83.5 cm³/mol. The van der Waals surface area contributed by atoms with Gasteiger partial charge in [-0.1, -0.05) is 41.8 Å². The fourth-order valence-electron chi connectivity index (χ4n) is 3.46. The first kappa shape index (κ1) is 15.5. The van der Waals surface area contributed by atoms with Gasteiger partial charge < -0.3 is 5.32 Å². The van der Waals surface area contributed by atoms with Gasteiger partial charge in [-0.3, -0.25) is 9.69 Å². The van der Waals surface area contributed by atoms with E-state index >= 15 is 0 Å². The quantitative estimate of drug-likeness (QED) is 0.810. The van der Waals surface area contributed by atoms with Gasteiger partial charge in [-0.2, -0.15) is 0 Å². The standard InChI is InChI=1S/C16H18BrFN2O2/c1-10-4-2-3-7-16(10)14(21)20(15(22)19-16)9-11-5-6-12(18)8-13(11)17/h5-6,8,10H,2-4,7,9H2,1H3,(H,19,22). The second kappa shape index (κ2) is 5.65. The maximum Gasteiger partial charge on any atom is 0.325 e. The molecule has 0 radical (unpaired) electrons. The summed E-state index contributed by atoms with van der Waals surface area (Å²) in [5, 5.41) is 2.92. The van der Waals surface area contributed by atoms with Crippen molar-refractivity contribution in [2.24, 2.45) is 5.92 Å². The normalized spacial score (nSPS) is 28.3. The van der Waals surface area contributed by atoms with Crippen LogP contribution in [-0.4, -0.2) is 22.4 Å². The van der Waals surface area contributed by atoms with Crippen LogP contribution in [0.15, 0.2) is 22.7 Å². The zero-order valence-electron chi connectivity index (χ0n) is 12.4. The van der Waals surface area contributed by atoms with Crippen molar-refractivity contribution in [1.82, 2.24) is 10.2 Å². The van der Waals surface area contributed by atoms with E-state index in [0.29, 0.717) is 16.5 Å². The molecule has 1 spiro atoms. The number of benzene rings is 1. The van der Waals surface area contributed by atoms with Crippen molar-refractivity contribution in [3.8, 4) is 0 Å². The number of nitrogens with one attached hydrogen (secondary N) is 1. The highest BCUT2D eigenvalue weighted by molar-refractivity contribution is 9.10. The molecule has 1 aromatic carbocycles. The van der Waals surface area contributed by atoms with Crippen molar-refractivity contribution in [3.63, 3.8) is 0 Å². The van der Waals surface area contributed by atoms with E-state index < -0.39 is 5.54 Å². The van der Waals surface area contributed by atoms with Crippen LogP contribution in [0.4, 0.5) is 9.18 Å². The molecule has 4 nitrogen and oxygen atoms in total. The summed E-state index contributed by atoms with van der Waals surface area (Å²) in [7, 11) is 0. The van der Waals surface area contributed by atoms with Gasteiger partial charge in [0.15, 0.2) is 0 Å². The van der Waals surface area contributed by atoms with Gasteiger partial charge >= 0.3 is 6.03 Å². The zero-order valence-corrected chi connectivity index (χ0v) is 14.0. The second-order valence-corrected chi connectivity index (χ2v) is 7.03. The summed E-state index contributed by atoms with van der Waals surface area (Å²) in [4.78, 5) is 26.4. The molecule has 1 saturated carbocycles. The molecule has 22 heavy (non-hydrogen) atoms. The number of amides is 3. The predicted octanol–water partition coefficient (Wildman–Crippen LogP) is 3.59. The Morgan fingerprint density at radius 3 is 2.86 bits per heavy atom. The molecule has 1 aliphatic heterocycles. The maximum atomic E-state index is 13.2. The van der Waals surface area contributed by atoms with Gasteiger partial charge in [0, 0.05) is 4.47 Å². The van der Waals surface area contributed by atoms with Crippen LogP contribution in [0.1, 0.15) is 38.2 Å². The summed E-state index contributed by atoms with van der Waals surface area (Å²) in [6.07, 6.45) is 3.68. The smallest absolute Gasteiger partial charge is 0.323 e. The Hall–Kier alpha value is -1.43. The lowest BCUT2D eigenvalue weighted by Gasteiger charge is -2.36. The highest BCUT2D eigenvalue weighted by Gasteiger charge is 2.54. The van der Waals surface area contributed by atoms with Gasteiger partial charge in [0.1, 0.15) is 11.4 Å². The monoisotopic (exact) mass is 368 g/mol. The van der Waals surface area contributed by atoms with Crippen molar-refractivity contribution in [1.29, 1.82) is 0 Å². The van der Waals surface area contributed by atoms with Crippen molar-refractivity contribution < 1.29 is 14.0 Å². The van der Waals surface area contributed by atoms with E-state index in [2.05, 4.69) is 21.2 Å². The van der Waals surface area contributed by atoms with E-state index in [9.17, 15) is 14.0 Å². The number of carbonyl (C=O) groups excluding carboxylic acids is 2. The van der Waals surface area contributed by atoms with Gasteiger partial charge in [-0.15, -0.1) is 0 Å². The lowest BCUT2D eigenvalue weighted by molar-refractivity contribution is -0.134. The topological polar surface area (TPSA) is 49.4 Å². The molecule has 1 N–H and O–H groups in total. The fraction of sp³-hybridized carbons (Fsp3) is 0.500. The Morgan fingerprint density at radius 2 is 2.18 bits per heavy atom. The molecule has 2 aliphatic rings. The van der Waals surface area contributed by atoms with Gasteiger partial charge in [0.05, 0.1) is 6.54 Å². The Balaban J connectivity index is 1.86. The minimum absolute atomic E-state index is 0.138. The molecule has 118 valence electrons. The first-order valence-electron chi connectivity index (χ1n) is 7.52. The van der Waals surface area contributed by atoms with Crippen LogP contribution in [0.5, 0.6) is 0 Å². The van der Waals surface area contributed by atoms with E-state index in [1.165, 1.54) is 17.0 Å². The van der Waals surface area contributed by atoms with Gasteiger partial charge in [0.2, 0.25) is 0 Å². The summed E-state index contributed by atoms with van der Waals surface area (Å²) in [5.41, 5.74) is -0.0348. The Bertz CT molecular complexity index is 637. The molecule has 1 aliphatic carbocycles. The molecule has 1 aromatic rings. The molecule has 3 rings (SSSR count). The van der Waals surface area contributed by atoms with Crippen LogP contribution in [0.2, 0.25) is 0 Å². The first-order chi connectivity index (χ1) is 10.4. The van der Waals surface area contributed by atoms with E-state index in [-0.39, 0.29) is 30.2 Å². The lowest BCUT2D eigenvalue weighted by atomic mass is 9.73. The fourth-order valence-corrected chi connectivity index (χ4v) is 3.94. The molecule has 6 heteroatoms. The number of hydrogen-bond donors (Lipinski definition) is 1. The van der Waals surface area contributed by atoms with Crippen LogP contribution in [0, 0.1) is 11.7 Å². The Kier molecular flexibility index (Phi) is 3.97.